The fraction of sp³-hybridized carbons (Fsp3) is 0.231. The lowest BCUT2D eigenvalue weighted by atomic mass is 10.2. The summed E-state index contributed by atoms with van der Waals surface area (Å²) in [4.78, 5) is 24.9. The second-order valence-corrected chi connectivity index (χ2v) is 4.20. The molecule has 3 rings (SSSR count). The van der Waals surface area contributed by atoms with E-state index in [1.807, 2.05) is 24.3 Å². The predicted octanol–water partition coefficient (Wildman–Crippen LogP) is 0.644. The van der Waals surface area contributed by atoms with Gasteiger partial charge in [-0.1, -0.05) is 18.2 Å². The first-order valence-electron chi connectivity index (χ1n) is 5.88. The Balaban J connectivity index is 1.89. The first-order valence-corrected chi connectivity index (χ1v) is 5.88. The molecule has 6 nitrogen and oxygen atoms in total. The Morgan fingerprint density at radius 3 is 2.89 bits per heavy atom. The van der Waals surface area contributed by atoms with E-state index in [1.54, 1.807) is 0 Å². The molecule has 1 N–H and O–H groups in total. The van der Waals surface area contributed by atoms with E-state index in [9.17, 15) is 9.59 Å². The van der Waals surface area contributed by atoms with Crippen molar-refractivity contribution >= 4 is 0 Å². The number of para-hydroxylation sites is 1. The summed E-state index contributed by atoms with van der Waals surface area (Å²) in [7, 11) is 0. The smallest absolute Gasteiger partial charge is 0.330 e. The van der Waals surface area contributed by atoms with Crippen LogP contribution in [0, 0.1) is 0 Å². The van der Waals surface area contributed by atoms with Gasteiger partial charge in [0.25, 0.3) is 5.56 Å². The van der Waals surface area contributed by atoms with Crippen LogP contribution in [0.1, 0.15) is 11.8 Å². The quantitative estimate of drug-likeness (QED) is 0.816. The third kappa shape index (κ3) is 2.30. The third-order valence-corrected chi connectivity index (χ3v) is 2.95. The SMILES string of the molecule is O=c1ccn(C2COc3ccccc3CO2)c(=O)[nH]1. The number of aromatic nitrogens is 2. The van der Waals surface area contributed by atoms with E-state index < -0.39 is 17.5 Å². The molecule has 0 fully saturated rings. The molecule has 1 aromatic heterocycles. The molecular weight excluding hydrogens is 248 g/mol. The van der Waals surface area contributed by atoms with Crippen LogP contribution in [0.2, 0.25) is 0 Å². The molecule has 0 aliphatic carbocycles. The Bertz CT molecular complexity index is 677. The fourth-order valence-corrected chi connectivity index (χ4v) is 1.97. The zero-order valence-electron chi connectivity index (χ0n) is 10.0. The maximum atomic E-state index is 11.7. The maximum Gasteiger partial charge on any atom is 0.330 e. The molecule has 98 valence electrons. The number of ether oxygens (including phenoxy) is 2. The molecular formula is C13H12N2O4. The summed E-state index contributed by atoms with van der Waals surface area (Å²) in [5.74, 6) is 0.752. The van der Waals surface area contributed by atoms with Crippen molar-refractivity contribution in [2.24, 2.45) is 0 Å². The number of nitrogens with one attached hydrogen (secondary N) is 1. The summed E-state index contributed by atoms with van der Waals surface area (Å²) in [6.07, 6.45) is 0.849. The number of hydrogen-bond acceptors (Lipinski definition) is 4. The minimum atomic E-state index is -0.559. The van der Waals surface area contributed by atoms with Crippen LogP contribution in [0.25, 0.3) is 0 Å². The van der Waals surface area contributed by atoms with E-state index in [-0.39, 0.29) is 6.61 Å². The van der Waals surface area contributed by atoms with Crippen molar-refractivity contribution in [1.29, 1.82) is 0 Å². The summed E-state index contributed by atoms with van der Waals surface area (Å²) in [5, 5.41) is 0. The standard InChI is InChI=1S/C13H12N2O4/c16-11-5-6-15(13(17)14-11)12-8-18-10-4-2-1-3-9(10)7-19-12/h1-6,12H,7-8H2,(H,14,16,17). The molecule has 6 heteroatoms. The summed E-state index contributed by atoms with van der Waals surface area (Å²) in [6, 6.07) is 8.83. The molecule has 1 aromatic carbocycles. The zero-order chi connectivity index (χ0) is 13.2. The van der Waals surface area contributed by atoms with Crippen molar-refractivity contribution in [2.45, 2.75) is 12.8 Å². The second kappa shape index (κ2) is 4.74. The number of fused-ring (bicyclic) bond motifs is 1. The van der Waals surface area contributed by atoms with Crippen molar-refractivity contribution in [3.8, 4) is 5.75 Å². The Labute approximate surface area is 108 Å². The highest BCUT2D eigenvalue weighted by molar-refractivity contribution is 5.33. The number of hydrogen-bond donors (Lipinski definition) is 1. The molecule has 0 radical (unpaired) electrons. The van der Waals surface area contributed by atoms with Crippen molar-refractivity contribution < 1.29 is 9.47 Å². The van der Waals surface area contributed by atoms with Crippen LogP contribution >= 0.6 is 0 Å². The summed E-state index contributed by atoms with van der Waals surface area (Å²) < 4.78 is 12.6. The van der Waals surface area contributed by atoms with Crippen LogP contribution in [-0.2, 0) is 11.3 Å². The first kappa shape index (κ1) is 11.7. The van der Waals surface area contributed by atoms with Crippen LogP contribution < -0.4 is 16.0 Å². The first-order chi connectivity index (χ1) is 9.24. The van der Waals surface area contributed by atoms with E-state index in [4.69, 9.17) is 9.47 Å². The van der Waals surface area contributed by atoms with E-state index in [0.29, 0.717) is 6.61 Å². The van der Waals surface area contributed by atoms with Crippen LogP contribution in [0.5, 0.6) is 5.75 Å². The molecule has 0 spiro atoms. The van der Waals surface area contributed by atoms with E-state index in [1.165, 1.54) is 16.8 Å². The molecule has 1 aliphatic heterocycles. The van der Waals surface area contributed by atoms with E-state index >= 15 is 0 Å². The molecule has 0 amide bonds. The van der Waals surface area contributed by atoms with Gasteiger partial charge >= 0.3 is 5.69 Å². The van der Waals surface area contributed by atoms with Crippen molar-refractivity contribution in [1.82, 2.24) is 9.55 Å². The summed E-state index contributed by atoms with van der Waals surface area (Å²) >= 11 is 0. The van der Waals surface area contributed by atoms with Crippen LogP contribution in [0.3, 0.4) is 0 Å². The van der Waals surface area contributed by atoms with Gasteiger partial charge in [0.1, 0.15) is 12.4 Å². The average molecular weight is 260 g/mol. The summed E-state index contributed by atoms with van der Waals surface area (Å²) in [6.45, 7) is 0.565. The van der Waals surface area contributed by atoms with Crippen LogP contribution in [-0.4, -0.2) is 16.2 Å². The number of aromatic amines is 1. The van der Waals surface area contributed by atoms with E-state index in [0.717, 1.165) is 11.3 Å². The van der Waals surface area contributed by atoms with Gasteiger partial charge in [-0.25, -0.2) is 4.79 Å². The van der Waals surface area contributed by atoms with Crippen molar-refractivity contribution in [3.63, 3.8) is 0 Å². The minimum absolute atomic E-state index is 0.211. The molecule has 0 saturated carbocycles. The monoisotopic (exact) mass is 260 g/mol. The van der Waals surface area contributed by atoms with Gasteiger partial charge in [-0.05, 0) is 6.07 Å². The molecule has 2 heterocycles. The fourth-order valence-electron chi connectivity index (χ4n) is 1.97. The van der Waals surface area contributed by atoms with Gasteiger partial charge in [-0.15, -0.1) is 0 Å². The van der Waals surface area contributed by atoms with Gasteiger partial charge in [-0.2, -0.15) is 0 Å². The Morgan fingerprint density at radius 1 is 1.21 bits per heavy atom. The normalized spacial score (nSPS) is 18.2. The highest BCUT2D eigenvalue weighted by Crippen LogP contribution is 2.25. The topological polar surface area (TPSA) is 73.3 Å². The van der Waals surface area contributed by atoms with Gasteiger partial charge in [0.2, 0.25) is 0 Å². The minimum Gasteiger partial charge on any atom is -0.488 e. The average Bonchev–Trinajstić information content (AvgIpc) is 2.62. The molecule has 2 aromatic rings. The molecule has 1 unspecified atom stereocenters. The van der Waals surface area contributed by atoms with Gasteiger partial charge in [0.05, 0.1) is 6.61 Å². The molecule has 0 saturated heterocycles. The Morgan fingerprint density at radius 2 is 2.05 bits per heavy atom. The molecule has 1 aliphatic rings. The Hall–Kier alpha value is -2.34. The molecule has 19 heavy (non-hydrogen) atoms. The lowest BCUT2D eigenvalue weighted by Gasteiger charge is -2.16. The van der Waals surface area contributed by atoms with Crippen molar-refractivity contribution in [2.75, 3.05) is 6.61 Å². The summed E-state index contributed by atoms with van der Waals surface area (Å²) in [5.41, 5.74) is -0.00592. The number of nitrogens with zero attached hydrogens (tertiary/aromatic N) is 1. The van der Waals surface area contributed by atoms with Gasteiger partial charge in [0, 0.05) is 17.8 Å². The number of rotatable bonds is 1. The number of H-pyrrole nitrogens is 1. The second-order valence-electron chi connectivity index (χ2n) is 4.20. The highest BCUT2D eigenvalue weighted by Gasteiger charge is 2.19. The maximum absolute atomic E-state index is 11.7. The lowest BCUT2D eigenvalue weighted by molar-refractivity contribution is -0.0289. The largest absolute Gasteiger partial charge is 0.488 e. The van der Waals surface area contributed by atoms with Crippen molar-refractivity contribution in [3.05, 3.63) is 62.9 Å². The predicted molar refractivity (Wildman–Crippen MR) is 67.1 cm³/mol. The number of benzene rings is 1. The third-order valence-electron chi connectivity index (χ3n) is 2.95. The highest BCUT2D eigenvalue weighted by atomic mass is 16.6. The van der Waals surface area contributed by atoms with Gasteiger partial charge < -0.3 is 9.47 Å². The van der Waals surface area contributed by atoms with Crippen LogP contribution in [0.4, 0.5) is 0 Å². The molecule has 0 bridgehead atoms. The van der Waals surface area contributed by atoms with Gasteiger partial charge in [-0.3, -0.25) is 14.3 Å². The van der Waals surface area contributed by atoms with E-state index in [2.05, 4.69) is 4.98 Å². The molecule has 1 atom stereocenters. The van der Waals surface area contributed by atoms with Gasteiger partial charge in [0.15, 0.2) is 6.23 Å². The van der Waals surface area contributed by atoms with Crippen LogP contribution in [0.15, 0.2) is 46.1 Å². The Kier molecular flexibility index (Phi) is 2.92. The zero-order valence-corrected chi connectivity index (χ0v) is 10.0. The lowest BCUT2D eigenvalue weighted by Crippen LogP contribution is -2.34.